The number of ether oxygens (including phenoxy) is 1. The first-order valence-corrected chi connectivity index (χ1v) is 12.3. The Balaban J connectivity index is 1.82. The van der Waals surface area contributed by atoms with Gasteiger partial charge in [-0.05, 0) is 49.4 Å². The van der Waals surface area contributed by atoms with E-state index in [9.17, 15) is 19.5 Å². The maximum atomic E-state index is 13.6. The Hall–Kier alpha value is -2.74. The molecule has 3 atom stereocenters. The predicted molar refractivity (Wildman–Crippen MR) is 134 cm³/mol. The molecule has 3 rings (SSSR count). The molecule has 0 radical (unpaired) electrons. The number of fused-ring (bicyclic) bond motifs is 1. The van der Waals surface area contributed by atoms with Crippen molar-refractivity contribution in [2.45, 2.75) is 75.8 Å². The maximum absolute atomic E-state index is 13.6. The lowest BCUT2D eigenvalue weighted by Gasteiger charge is -2.35. The minimum absolute atomic E-state index is 0.0852. The number of nitrogens with one attached hydrogen (secondary N) is 1. The van der Waals surface area contributed by atoms with Crippen LogP contribution in [0, 0.1) is 5.41 Å². The minimum Gasteiger partial charge on any atom is -0.480 e. The van der Waals surface area contributed by atoms with E-state index in [0.29, 0.717) is 6.42 Å². The number of hydrogen-bond acceptors (Lipinski definition) is 5. The number of carbonyl (C=O) groups is 3. The lowest BCUT2D eigenvalue weighted by molar-refractivity contribution is -0.150. The summed E-state index contributed by atoms with van der Waals surface area (Å²) in [7, 11) is 0. The van der Waals surface area contributed by atoms with E-state index in [4.69, 9.17) is 4.74 Å². The molecule has 7 nitrogen and oxygen atoms in total. The smallest absolute Gasteiger partial charge is 0.408 e. The standard InChI is InChI=1S/C26H34N2O5S/c1-25(2,3)21(27-24(32)33-26(4,5)6)22(29)28-15-17(14-19(28)23(30)31)34-20-13-9-11-16-10-7-8-12-18(16)20/h7-13,17,19,21H,14-15H2,1-6H3,(H,27,32)(H,30,31)/t17-,19+,21-/m1/s1. The zero-order valence-corrected chi connectivity index (χ0v) is 21.4. The van der Waals surface area contributed by atoms with Gasteiger partial charge in [0.2, 0.25) is 5.91 Å². The number of nitrogens with zero attached hydrogens (tertiary/aromatic N) is 1. The molecule has 1 aliphatic rings. The summed E-state index contributed by atoms with van der Waals surface area (Å²) >= 11 is 1.59. The summed E-state index contributed by atoms with van der Waals surface area (Å²) in [4.78, 5) is 40.6. The van der Waals surface area contributed by atoms with Crippen molar-refractivity contribution < 1.29 is 24.2 Å². The number of rotatable bonds is 5. The van der Waals surface area contributed by atoms with Crippen molar-refractivity contribution in [2.24, 2.45) is 5.41 Å². The molecule has 1 aliphatic heterocycles. The number of carboxylic acids is 1. The van der Waals surface area contributed by atoms with E-state index in [0.717, 1.165) is 15.7 Å². The van der Waals surface area contributed by atoms with Gasteiger partial charge in [0, 0.05) is 16.7 Å². The molecule has 8 heteroatoms. The molecule has 0 saturated carbocycles. The summed E-state index contributed by atoms with van der Waals surface area (Å²) < 4.78 is 5.35. The van der Waals surface area contributed by atoms with Crippen LogP contribution in [0.2, 0.25) is 0 Å². The van der Waals surface area contributed by atoms with Gasteiger partial charge in [0.05, 0.1) is 0 Å². The molecule has 0 aliphatic carbocycles. The molecule has 1 fully saturated rings. The molecule has 2 amide bonds. The molecule has 184 valence electrons. The van der Waals surface area contributed by atoms with Gasteiger partial charge in [0.25, 0.3) is 0 Å². The summed E-state index contributed by atoms with van der Waals surface area (Å²) in [6, 6.07) is 12.2. The van der Waals surface area contributed by atoms with Gasteiger partial charge in [-0.25, -0.2) is 9.59 Å². The number of hydrogen-bond donors (Lipinski definition) is 2. The van der Waals surface area contributed by atoms with Gasteiger partial charge in [0.1, 0.15) is 17.7 Å². The SMILES string of the molecule is CC(C)(C)OC(=O)N[C@H](C(=O)N1C[C@H](Sc2cccc3ccccc23)C[C@H]1C(=O)O)C(C)(C)C. The lowest BCUT2D eigenvalue weighted by atomic mass is 9.85. The predicted octanol–water partition coefficient (Wildman–Crippen LogP) is 4.93. The number of amides is 2. The summed E-state index contributed by atoms with van der Waals surface area (Å²) in [6.07, 6.45) is -0.369. The van der Waals surface area contributed by atoms with Crippen LogP contribution in [0.15, 0.2) is 47.4 Å². The molecule has 2 aromatic rings. The van der Waals surface area contributed by atoms with E-state index in [1.165, 1.54) is 4.90 Å². The highest BCUT2D eigenvalue weighted by atomic mass is 32.2. The molecule has 1 saturated heterocycles. The molecule has 1 heterocycles. The molecule has 2 N–H and O–H groups in total. The molecule has 0 unspecified atom stereocenters. The Labute approximate surface area is 205 Å². The molecule has 0 bridgehead atoms. The van der Waals surface area contributed by atoms with Gasteiger partial charge in [-0.15, -0.1) is 11.8 Å². The van der Waals surface area contributed by atoms with Crippen LogP contribution in [0.3, 0.4) is 0 Å². The van der Waals surface area contributed by atoms with Crippen molar-refractivity contribution in [3.63, 3.8) is 0 Å². The van der Waals surface area contributed by atoms with Crippen LogP contribution in [-0.2, 0) is 14.3 Å². The van der Waals surface area contributed by atoms with Crippen LogP contribution in [0.5, 0.6) is 0 Å². The number of carbonyl (C=O) groups excluding carboxylic acids is 2. The second-order valence-electron chi connectivity index (χ2n) is 10.7. The van der Waals surface area contributed by atoms with Crippen LogP contribution >= 0.6 is 11.8 Å². The molecular weight excluding hydrogens is 452 g/mol. The highest BCUT2D eigenvalue weighted by Gasteiger charge is 2.45. The third-order valence-electron chi connectivity index (χ3n) is 5.65. The molecule has 0 aromatic heterocycles. The second kappa shape index (κ2) is 9.86. The van der Waals surface area contributed by atoms with Crippen LogP contribution in [0.1, 0.15) is 48.0 Å². The number of likely N-dealkylation sites (tertiary alicyclic amines) is 1. The van der Waals surface area contributed by atoms with Crippen molar-refractivity contribution in [2.75, 3.05) is 6.54 Å². The van der Waals surface area contributed by atoms with E-state index in [-0.39, 0.29) is 11.8 Å². The number of carboxylic acid groups (broad SMARTS) is 1. The van der Waals surface area contributed by atoms with Gasteiger partial charge < -0.3 is 20.1 Å². The van der Waals surface area contributed by atoms with E-state index >= 15 is 0 Å². The quantitative estimate of drug-likeness (QED) is 0.622. The third kappa shape index (κ3) is 6.23. The third-order valence-corrected chi connectivity index (χ3v) is 6.93. The van der Waals surface area contributed by atoms with Gasteiger partial charge >= 0.3 is 12.1 Å². The molecule has 0 spiro atoms. The van der Waals surface area contributed by atoms with Crippen LogP contribution < -0.4 is 5.32 Å². The first kappa shape index (κ1) is 25.9. The lowest BCUT2D eigenvalue weighted by Crippen LogP contribution is -2.57. The number of benzene rings is 2. The Morgan fingerprint density at radius 2 is 1.71 bits per heavy atom. The zero-order chi connectivity index (χ0) is 25.3. The van der Waals surface area contributed by atoms with Crippen molar-refractivity contribution in [3.05, 3.63) is 42.5 Å². The Bertz CT molecular complexity index is 1070. The van der Waals surface area contributed by atoms with E-state index < -0.39 is 41.1 Å². The highest BCUT2D eigenvalue weighted by Crippen LogP contribution is 2.37. The summed E-state index contributed by atoms with van der Waals surface area (Å²) in [5.74, 6) is -1.45. The highest BCUT2D eigenvalue weighted by molar-refractivity contribution is 8.00. The van der Waals surface area contributed by atoms with Crippen molar-refractivity contribution in [1.29, 1.82) is 0 Å². The fraction of sp³-hybridized carbons (Fsp3) is 0.500. The first-order valence-electron chi connectivity index (χ1n) is 11.4. The summed E-state index contributed by atoms with van der Waals surface area (Å²) in [6.45, 7) is 11.0. The van der Waals surface area contributed by atoms with Gasteiger partial charge in [-0.2, -0.15) is 0 Å². The Kier molecular flexibility index (Phi) is 7.50. The topological polar surface area (TPSA) is 95.9 Å². The fourth-order valence-electron chi connectivity index (χ4n) is 4.08. The van der Waals surface area contributed by atoms with Crippen molar-refractivity contribution in [1.82, 2.24) is 10.2 Å². The van der Waals surface area contributed by atoms with Crippen molar-refractivity contribution in [3.8, 4) is 0 Å². The first-order chi connectivity index (χ1) is 15.8. The largest absolute Gasteiger partial charge is 0.480 e. The monoisotopic (exact) mass is 486 g/mol. The average Bonchev–Trinajstić information content (AvgIpc) is 3.14. The van der Waals surface area contributed by atoms with Gasteiger partial charge in [-0.3, -0.25) is 4.79 Å². The molecular formula is C26H34N2O5S. The van der Waals surface area contributed by atoms with E-state index in [1.54, 1.807) is 32.5 Å². The summed E-state index contributed by atoms with van der Waals surface area (Å²) in [5, 5.41) is 14.7. The number of thioether (sulfide) groups is 1. The van der Waals surface area contributed by atoms with Crippen LogP contribution in [0.25, 0.3) is 10.8 Å². The minimum atomic E-state index is -1.04. The van der Waals surface area contributed by atoms with Gasteiger partial charge in [0.15, 0.2) is 0 Å². The maximum Gasteiger partial charge on any atom is 0.408 e. The molecule has 34 heavy (non-hydrogen) atoms. The second-order valence-corrected chi connectivity index (χ2v) is 12.1. The zero-order valence-electron chi connectivity index (χ0n) is 20.6. The average molecular weight is 487 g/mol. The van der Waals surface area contributed by atoms with Crippen LogP contribution in [-0.4, -0.2) is 57.5 Å². The Morgan fingerprint density at radius 3 is 2.32 bits per heavy atom. The Morgan fingerprint density at radius 1 is 1.06 bits per heavy atom. The van der Waals surface area contributed by atoms with Crippen molar-refractivity contribution >= 4 is 40.5 Å². The summed E-state index contributed by atoms with van der Waals surface area (Å²) in [5.41, 5.74) is -1.36. The van der Waals surface area contributed by atoms with Gasteiger partial charge in [-0.1, -0.05) is 57.2 Å². The normalized spacial score (nSPS) is 19.6. The van der Waals surface area contributed by atoms with E-state index in [2.05, 4.69) is 5.32 Å². The van der Waals surface area contributed by atoms with E-state index in [1.807, 2.05) is 63.2 Å². The number of alkyl carbamates (subject to hydrolysis) is 1. The number of aliphatic carboxylic acids is 1. The fourth-order valence-corrected chi connectivity index (χ4v) is 5.42. The molecule has 2 aromatic carbocycles. The van der Waals surface area contributed by atoms with Crippen LogP contribution in [0.4, 0.5) is 4.79 Å².